The summed E-state index contributed by atoms with van der Waals surface area (Å²) in [4.78, 5) is 30.4. The maximum Gasteiger partial charge on any atom is 0.257 e. The van der Waals surface area contributed by atoms with Crippen LogP contribution in [0, 0.1) is 0 Å². The lowest BCUT2D eigenvalue weighted by atomic mass is 10.2. The molecule has 2 N–H and O–H groups in total. The molecule has 2 aromatic rings. The van der Waals surface area contributed by atoms with Crippen LogP contribution >= 0.6 is 23.2 Å². The summed E-state index contributed by atoms with van der Waals surface area (Å²) in [5.41, 5.74) is 0.997. The molecule has 0 bridgehead atoms. The van der Waals surface area contributed by atoms with Gasteiger partial charge in [-0.1, -0.05) is 23.2 Å². The third kappa shape index (κ3) is 5.70. The van der Waals surface area contributed by atoms with Crippen molar-refractivity contribution in [1.29, 1.82) is 0 Å². The van der Waals surface area contributed by atoms with Crippen molar-refractivity contribution in [3.05, 3.63) is 57.8 Å². The van der Waals surface area contributed by atoms with Gasteiger partial charge in [0, 0.05) is 30.5 Å². The van der Waals surface area contributed by atoms with Crippen molar-refractivity contribution in [3.8, 4) is 0 Å². The molecule has 0 aliphatic carbocycles. The largest absolute Gasteiger partial charge is 0.351 e. The number of hydrogen-bond donors (Lipinski definition) is 2. The zero-order valence-electron chi connectivity index (χ0n) is 13.8. The summed E-state index contributed by atoms with van der Waals surface area (Å²) in [6.45, 7) is 1.22. The minimum Gasteiger partial charge on any atom is -0.351 e. The predicted octanol–water partition coefficient (Wildman–Crippen LogP) is 2.93. The molecule has 0 radical (unpaired) electrons. The first-order valence-corrected chi connectivity index (χ1v) is 8.27. The highest BCUT2D eigenvalue weighted by Gasteiger charge is 2.13. The molecule has 0 saturated heterocycles. The quantitative estimate of drug-likeness (QED) is 0.807. The maximum absolute atomic E-state index is 12.3. The molecule has 6 nitrogen and oxygen atoms in total. The van der Waals surface area contributed by atoms with E-state index in [0.717, 1.165) is 0 Å². The molecule has 0 spiro atoms. The molecular formula is C17H18Cl2N4O2. The maximum atomic E-state index is 12.3. The molecule has 132 valence electrons. The number of halogens is 2. The Hall–Kier alpha value is -2.15. The fourth-order valence-corrected chi connectivity index (χ4v) is 2.42. The number of nitrogens with zero attached hydrogens (tertiary/aromatic N) is 2. The van der Waals surface area contributed by atoms with Gasteiger partial charge in [0.1, 0.15) is 0 Å². The molecule has 2 amide bonds. The van der Waals surface area contributed by atoms with Gasteiger partial charge in [0.25, 0.3) is 11.8 Å². The van der Waals surface area contributed by atoms with E-state index in [-0.39, 0.29) is 11.5 Å². The molecule has 0 aliphatic rings. The lowest BCUT2D eigenvalue weighted by molar-refractivity contribution is 0.0950. The SMILES string of the molecule is CN(C)CCNC(=O)c1cncc(C(=O)Nc2ccc(Cl)cc2Cl)c1. The van der Waals surface area contributed by atoms with Crippen molar-refractivity contribution >= 4 is 40.7 Å². The molecule has 1 aromatic heterocycles. The molecular weight excluding hydrogens is 363 g/mol. The van der Waals surface area contributed by atoms with E-state index in [1.165, 1.54) is 24.5 Å². The van der Waals surface area contributed by atoms with Crippen molar-refractivity contribution in [2.24, 2.45) is 0 Å². The van der Waals surface area contributed by atoms with Crippen LogP contribution < -0.4 is 10.6 Å². The van der Waals surface area contributed by atoms with Gasteiger partial charge in [0.2, 0.25) is 0 Å². The smallest absolute Gasteiger partial charge is 0.257 e. The van der Waals surface area contributed by atoms with Crippen molar-refractivity contribution in [3.63, 3.8) is 0 Å². The molecule has 1 heterocycles. The molecule has 0 atom stereocenters. The van der Waals surface area contributed by atoms with Gasteiger partial charge >= 0.3 is 0 Å². The monoisotopic (exact) mass is 380 g/mol. The molecule has 0 aliphatic heterocycles. The minimum atomic E-state index is -0.417. The van der Waals surface area contributed by atoms with Crippen LogP contribution in [0.25, 0.3) is 0 Å². The number of likely N-dealkylation sites (N-methyl/N-ethyl adjacent to an activating group) is 1. The highest BCUT2D eigenvalue weighted by molar-refractivity contribution is 6.36. The number of pyridine rings is 1. The van der Waals surface area contributed by atoms with Gasteiger partial charge in [-0.05, 0) is 38.4 Å². The van der Waals surface area contributed by atoms with E-state index in [2.05, 4.69) is 15.6 Å². The second-order valence-electron chi connectivity index (χ2n) is 5.60. The van der Waals surface area contributed by atoms with Gasteiger partial charge < -0.3 is 15.5 Å². The molecule has 0 saturated carbocycles. The predicted molar refractivity (Wildman–Crippen MR) is 99.5 cm³/mol. The van der Waals surface area contributed by atoms with Gasteiger partial charge in [-0.2, -0.15) is 0 Å². The standard InChI is InChI=1S/C17H18Cl2N4O2/c1-23(2)6-5-21-16(24)11-7-12(10-20-9-11)17(25)22-15-4-3-13(18)8-14(15)19/h3-4,7-10H,5-6H2,1-2H3,(H,21,24)(H,22,25). The number of amides is 2. The summed E-state index contributed by atoms with van der Waals surface area (Å²) in [5.74, 6) is -0.701. The second kappa shape index (κ2) is 8.80. The Kier molecular flexibility index (Phi) is 6.75. The minimum absolute atomic E-state index is 0.256. The van der Waals surface area contributed by atoms with Crippen molar-refractivity contribution in [2.75, 3.05) is 32.5 Å². The number of rotatable bonds is 6. The van der Waals surface area contributed by atoms with Crippen LogP contribution in [0.5, 0.6) is 0 Å². The van der Waals surface area contributed by atoms with Crippen LogP contribution in [-0.2, 0) is 0 Å². The number of anilines is 1. The molecule has 0 fully saturated rings. The van der Waals surface area contributed by atoms with Crippen LogP contribution in [-0.4, -0.2) is 48.9 Å². The van der Waals surface area contributed by atoms with E-state index in [4.69, 9.17) is 23.2 Å². The van der Waals surface area contributed by atoms with Crippen LogP contribution in [0.15, 0.2) is 36.7 Å². The summed E-state index contributed by atoms with van der Waals surface area (Å²) in [6.07, 6.45) is 2.80. The first-order chi connectivity index (χ1) is 11.9. The van der Waals surface area contributed by atoms with E-state index in [1.54, 1.807) is 12.1 Å². The van der Waals surface area contributed by atoms with E-state index in [0.29, 0.717) is 34.4 Å². The normalized spacial score (nSPS) is 10.6. The van der Waals surface area contributed by atoms with Crippen LogP contribution in [0.3, 0.4) is 0 Å². The van der Waals surface area contributed by atoms with Crippen LogP contribution in [0.4, 0.5) is 5.69 Å². The number of carbonyl (C=O) groups excluding carboxylic acids is 2. The van der Waals surface area contributed by atoms with Crippen LogP contribution in [0.1, 0.15) is 20.7 Å². The molecule has 8 heteroatoms. The highest BCUT2D eigenvalue weighted by Crippen LogP contribution is 2.25. The Morgan fingerprint density at radius 1 is 1.08 bits per heavy atom. The van der Waals surface area contributed by atoms with E-state index in [9.17, 15) is 9.59 Å². The summed E-state index contributed by atoms with van der Waals surface area (Å²) >= 11 is 11.9. The summed E-state index contributed by atoms with van der Waals surface area (Å²) < 4.78 is 0. The second-order valence-corrected chi connectivity index (χ2v) is 6.44. The lowest BCUT2D eigenvalue weighted by Gasteiger charge is -2.11. The lowest BCUT2D eigenvalue weighted by Crippen LogP contribution is -2.31. The van der Waals surface area contributed by atoms with Crippen LogP contribution in [0.2, 0.25) is 10.0 Å². The fourth-order valence-electron chi connectivity index (χ4n) is 1.97. The molecule has 0 unspecified atom stereocenters. The third-order valence-corrected chi connectivity index (χ3v) is 3.83. The zero-order chi connectivity index (χ0) is 18.4. The Morgan fingerprint density at radius 2 is 1.76 bits per heavy atom. The number of nitrogens with one attached hydrogen (secondary N) is 2. The summed E-state index contributed by atoms with van der Waals surface area (Å²) in [6, 6.07) is 6.24. The topological polar surface area (TPSA) is 74.3 Å². The average molecular weight is 381 g/mol. The van der Waals surface area contributed by atoms with Crippen molar-refractivity contribution in [2.45, 2.75) is 0 Å². The number of aromatic nitrogens is 1. The van der Waals surface area contributed by atoms with Crippen molar-refractivity contribution in [1.82, 2.24) is 15.2 Å². The van der Waals surface area contributed by atoms with Gasteiger partial charge in [0.15, 0.2) is 0 Å². The summed E-state index contributed by atoms with van der Waals surface area (Å²) in [5, 5.41) is 6.24. The zero-order valence-corrected chi connectivity index (χ0v) is 15.4. The Labute approximate surface area is 156 Å². The Morgan fingerprint density at radius 3 is 2.40 bits per heavy atom. The highest BCUT2D eigenvalue weighted by atomic mass is 35.5. The van der Waals surface area contributed by atoms with E-state index < -0.39 is 5.91 Å². The first kappa shape index (κ1) is 19.2. The Balaban J connectivity index is 2.06. The van der Waals surface area contributed by atoms with Gasteiger partial charge in [0.05, 0.1) is 21.8 Å². The van der Waals surface area contributed by atoms with E-state index in [1.807, 2.05) is 19.0 Å². The van der Waals surface area contributed by atoms with Gasteiger partial charge in [-0.3, -0.25) is 14.6 Å². The first-order valence-electron chi connectivity index (χ1n) is 7.51. The summed E-state index contributed by atoms with van der Waals surface area (Å²) in [7, 11) is 3.83. The Bertz CT molecular complexity index is 781. The van der Waals surface area contributed by atoms with E-state index >= 15 is 0 Å². The third-order valence-electron chi connectivity index (χ3n) is 3.29. The fraction of sp³-hybridized carbons (Fsp3) is 0.235. The van der Waals surface area contributed by atoms with Gasteiger partial charge in [-0.25, -0.2) is 0 Å². The molecule has 25 heavy (non-hydrogen) atoms. The average Bonchev–Trinajstić information content (AvgIpc) is 2.57. The number of carbonyl (C=O) groups is 2. The van der Waals surface area contributed by atoms with Crippen molar-refractivity contribution < 1.29 is 9.59 Å². The van der Waals surface area contributed by atoms with Gasteiger partial charge in [-0.15, -0.1) is 0 Å². The number of hydrogen-bond acceptors (Lipinski definition) is 4. The number of benzene rings is 1. The molecule has 1 aromatic carbocycles. The molecule has 2 rings (SSSR count).